The number of carbonyl (C=O) groups is 1. The fourth-order valence-corrected chi connectivity index (χ4v) is 1.92. The zero-order valence-corrected chi connectivity index (χ0v) is 12.5. The Labute approximate surface area is 119 Å². The molecule has 5 heteroatoms. The highest BCUT2D eigenvalue weighted by Crippen LogP contribution is 2.20. The summed E-state index contributed by atoms with van der Waals surface area (Å²) >= 11 is 0. The van der Waals surface area contributed by atoms with E-state index in [0.717, 1.165) is 6.07 Å². The normalized spacial score (nSPS) is 13.1. The minimum Gasteiger partial charge on any atom is -0.398 e. The van der Waals surface area contributed by atoms with Gasteiger partial charge in [-0.1, -0.05) is 20.8 Å². The Bertz CT molecular complexity index is 472. The minimum absolute atomic E-state index is 0.0233. The van der Waals surface area contributed by atoms with Crippen molar-refractivity contribution < 1.29 is 14.3 Å². The first-order valence-electron chi connectivity index (χ1n) is 6.62. The summed E-state index contributed by atoms with van der Waals surface area (Å²) in [6, 6.07) is 2.58. The minimum atomic E-state index is -0.633. The first kappa shape index (κ1) is 16.4. The highest BCUT2D eigenvalue weighted by atomic mass is 19.1. The number of hydrogen-bond donors (Lipinski definition) is 3. The molecule has 0 fully saturated rings. The summed E-state index contributed by atoms with van der Waals surface area (Å²) in [4.78, 5) is 11.9. The summed E-state index contributed by atoms with van der Waals surface area (Å²) in [7, 11) is 0. The quantitative estimate of drug-likeness (QED) is 0.741. The molecule has 0 heterocycles. The standard InChI is InChI=1S/C15H23FN2O2/c1-9-12(16)5-10(6-13(9)17)14(20)18-8-11(19)7-15(2,3)4/h5-6,11,19H,7-8,17H2,1-4H3,(H,18,20). The van der Waals surface area contributed by atoms with Gasteiger partial charge in [0.2, 0.25) is 0 Å². The van der Waals surface area contributed by atoms with Crippen LogP contribution in [0.2, 0.25) is 0 Å². The predicted molar refractivity (Wildman–Crippen MR) is 78.0 cm³/mol. The molecule has 1 rings (SSSR count). The Morgan fingerprint density at radius 2 is 2.05 bits per heavy atom. The van der Waals surface area contributed by atoms with E-state index in [-0.39, 0.29) is 23.2 Å². The van der Waals surface area contributed by atoms with E-state index in [4.69, 9.17) is 5.73 Å². The van der Waals surface area contributed by atoms with E-state index in [2.05, 4.69) is 5.32 Å². The molecule has 0 saturated carbocycles. The summed E-state index contributed by atoms with van der Waals surface area (Å²) < 4.78 is 13.5. The number of nitrogens with two attached hydrogens (primary N) is 1. The van der Waals surface area contributed by atoms with Crippen molar-refractivity contribution in [3.8, 4) is 0 Å². The van der Waals surface area contributed by atoms with Crippen LogP contribution in [0.25, 0.3) is 0 Å². The van der Waals surface area contributed by atoms with Crippen molar-refractivity contribution in [2.24, 2.45) is 5.41 Å². The molecule has 0 aromatic heterocycles. The van der Waals surface area contributed by atoms with Crippen molar-refractivity contribution in [2.45, 2.75) is 40.2 Å². The Morgan fingerprint density at radius 1 is 1.45 bits per heavy atom. The van der Waals surface area contributed by atoms with Crippen molar-refractivity contribution in [1.82, 2.24) is 5.32 Å². The van der Waals surface area contributed by atoms with Gasteiger partial charge in [-0.3, -0.25) is 4.79 Å². The van der Waals surface area contributed by atoms with Gasteiger partial charge in [0.15, 0.2) is 0 Å². The molecule has 1 amide bonds. The fourth-order valence-electron chi connectivity index (χ4n) is 1.92. The van der Waals surface area contributed by atoms with E-state index in [1.807, 2.05) is 20.8 Å². The van der Waals surface area contributed by atoms with E-state index in [1.54, 1.807) is 6.92 Å². The molecule has 1 aromatic carbocycles. The lowest BCUT2D eigenvalue weighted by molar-refractivity contribution is 0.0868. The van der Waals surface area contributed by atoms with Gasteiger partial charge in [-0.25, -0.2) is 4.39 Å². The number of rotatable bonds is 4. The van der Waals surface area contributed by atoms with E-state index in [1.165, 1.54) is 6.07 Å². The highest BCUT2D eigenvalue weighted by molar-refractivity contribution is 5.95. The monoisotopic (exact) mass is 282 g/mol. The van der Waals surface area contributed by atoms with Gasteiger partial charge in [-0.15, -0.1) is 0 Å². The molecule has 0 aliphatic rings. The van der Waals surface area contributed by atoms with Gasteiger partial charge in [-0.2, -0.15) is 0 Å². The lowest BCUT2D eigenvalue weighted by atomic mass is 9.89. The van der Waals surface area contributed by atoms with Crippen molar-refractivity contribution in [3.05, 3.63) is 29.1 Å². The molecule has 4 N–H and O–H groups in total. The molecule has 4 nitrogen and oxygen atoms in total. The third-order valence-corrected chi connectivity index (χ3v) is 2.99. The third kappa shape index (κ3) is 4.81. The summed E-state index contributed by atoms with van der Waals surface area (Å²) in [6.07, 6.45) is -0.0656. The third-order valence-electron chi connectivity index (χ3n) is 2.99. The van der Waals surface area contributed by atoms with Crippen molar-refractivity contribution in [1.29, 1.82) is 0 Å². The summed E-state index contributed by atoms with van der Waals surface area (Å²) in [5.74, 6) is -0.950. The van der Waals surface area contributed by atoms with E-state index < -0.39 is 17.8 Å². The van der Waals surface area contributed by atoms with Crippen LogP contribution in [-0.2, 0) is 0 Å². The van der Waals surface area contributed by atoms with Crippen LogP contribution in [0.1, 0.15) is 43.1 Å². The van der Waals surface area contributed by atoms with Gasteiger partial charge in [0.05, 0.1) is 6.10 Å². The molecule has 112 valence electrons. The van der Waals surface area contributed by atoms with Gasteiger partial charge in [0.25, 0.3) is 5.91 Å². The molecule has 1 unspecified atom stereocenters. The Kier molecular flexibility index (Phi) is 5.11. The summed E-state index contributed by atoms with van der Waals surface area (Å²) in [6.45, 7) is 7.71. The maximum Gasteiger partial charge on any atom is 0.251 e. The fraction of sp³-hybridized carbons (Fsp3) is 0.533. The molecule has 1 atom stereocenters. The number of hydrogen-bond acceptors (Lipinski definition) is 3. The SMILES string of the molecule is Cc1c(N)cc(C(=O)NCC(O)CC(C)(C)C)cc1F. The maximum atomic E-state index is 13.5. The molecule has 0 radical (unpaired) electrons. The van der Waals surface area contributed by atoms with Gasteiger partial charge >= 0.3 is 0 Å². The van der Waals surface area contributed by atoms with Gasteiger partial charge in [0, 0.05) is 23.4 Å². The first-order valence-corrected chi connectivity index (χ1v) is 6.62. The lowest BCUT2D eigenvalue weighted by Gasteiger charge is -2.22. The smallest absolute Gasteiger partial charge is 0.251 e. The number of amides is 1. The maximum absolute atomic E-state index is 13.5. The van der Waals surface area contributed by atoms with Crippen LogP contribution in [0, 0.1) is 18.2 Å². The number of benzene rings is 1. The second kappa shape index (κ2) is 6.22. The number of nitrogen functional groups attached to an aromatic ring is 1. The van der Waals surface area contributed by atoms with Crippen LogP contribution >= 0.6 is 0 Å². The second-order valence-electron chi connectivity index (χ2n) is 6.30. The molecule has 0 spiro atoms. The number of aliphatic hydroxyl groups is 1. The van der Waals surface area contributed by atoms with Crippen molar-refractivity contribution in [3.63, 3.8) is 0 Å². The Morgan fingerprint density at radius 3 is 2.55 bits per heavy atom. The molecule has 0 bridgehead atoms. The number of aliphatic hydroxyl groups excluding tert-OH is 1. The zero-order valence-electron chi connectivity index (χ0n) is 12.5. The van der Waals surface area contributed by atoms with Crippen LogP contribution in [0.5, 0.6) is 0 Å². The van der Waals surface area contributed by atoms with Crippen LogP contribution in [0.3, 0.4) is 0 Å². The van der Waals surface area contributed by atoms with Gasteiger partial charge in [0.1, 0.15) is 5.82 Å². The first-order chi connectivity index (χ1) is 9.10. The summed E-state index contributed by atoms with van der Waals surface area (Å²) in [5.41, 5.74) is 6.34. The molecule has 0 aliphatic carbocycles. The van der Waals surface area contributed by atoms with E-state index in [0.29, 0.717) is 12.0 Å². The predicted octanol–water partition coefficient (Wildman–Crippen LogP) is 2.24. The molecule has 1 aromatic rings. The molecule has 0 saturated heterocycles. The lowest BCUT2D eigenvalue weighted by Crippen LogP contribution is -2.34. The number of carbonyl (C=O) groups excluding carboxylic acids is 1. The Balaban J connectivity index is 2.64. The van der Waals surface area contributed by atoms with Crippen LogP contribution in [0.4, 0.5) is 10.1 Å². The number of halogens is 1. The average Bonchev–Trinajstić information content (AvgIpc) is 2.30. The Hall–Kier alpha value is -1.62. The summed E-state index contributed by atoms with van der Waals surface area (Å²) in [5, 5.41) is 12.4. The zero-order chi connectivity index (χ0) is 15.5. The van der Waals surface area contributed by atoms with Crippen molar-refractivity contribution in [2.75, 3.05) is 12.3 Å². The molecule has 0 aliphatic heterocycles. The van der Waals surface area contributed by atoms with Crippen LogP contribution in [0.15, 0.2) is 12.1 Å². The average molecular weight is 282 g/mol. The van der Waals surface area contributed by atoms with Crippen LogP contribution in [-0.4, -0.2) is 23.7 Å². The van der Waals surface area contributed by atoms with Gasteiger partial charge < -0.3 is 16.2 Å². The second-order valence-corrected chi connectivity index (χ2v) is 6.30. The van der Waals surface area contributed by atoms with Gasteiger partial charge in [-0.05, 0) is 30.9 Å². The molecule has 20 heavy (non-hydrogen) atoms. The largest absolute Gasteiger partial charge is 0.398 e. The number of anilines is 1. The number of nitrogens with one attached hydrogen (secondary N) is 1. The van der Waals surface area contributed by atoms with Crippen LogP contribution < -0.4 is 11.1 Å². The van der Waals surface area contributed by atoms with Crippen molar-refractivity contribution >= 4 is 11.6 Å². The van der Waals surface area contributed by atoms with E-state index >= 15 is 0 Å². The molecular weight excluding hydrogens is 259 g/mol. The highest BCUT2D eigenvalue weighted by Gasteiger charge is 2.18. The molecular formula is C15H23FN2O2. The van der Waals surface area contributed by atoms with E-state index in [9.17, 15) is 14.3 Å². The topological polar surface area (TPSA) is 75.4 Å².